The van der Waals surface area contributed by atoms with E-state index in [1.165, 1.54) is 0 Å². The Morgan fingerprint density at radius 1 is 0.895 bits per heavy atom. The standard InChI is InChI=1S/C13H26O6/c1-15-4-3-5-17-7-9-18-12-10-11(14)13(12)19-8-6-16-2/h11-14H,3-10H2,1-2H3. The van der Waals surface area contributed by atoms with Crippen molar-refractivity contribution in [1.29, 1.82) is 0 Å². The molecule has 19 heavy (non-hydrogen) atoms. The fourth-order valence-electron chi connectivity index (χ4n) is 1.87. The third-order valence-electron chi connectivity index (χ3n) is 3.01. The van der Waals surface area contributed by atoms with E-state index in [1.807, 2.05) is 0 Å². The molecule has 1 rings (SSSR count). The van der Waals surface area contributed by atoms with Crippen molar-refractivity contribution in [2.75, 3.05) is 53.9 Å². The topological polar surface area (TPSA) is 66.4 Å². The Hall–Kier alpha value is -0.240. The maximum atomic E-state index is 9.59. The molecule has 0 radical (unpaired) electrons. The van der Waals surface area contributed by atoms with Gasteiger partial charge in [-0.15, -0.1) is 0 Å². The Morgan fingerprint density at radius 3 is 2.32 bits per heavy atom. The SMILES string of the molecule is COCCCOCCOC1CC(O)C1OCCOC. The predicted molar refractivity (Wildman–Crippen MR) is 69.3 cm³/mol. The van der Waals surface area contributed by atoms with Crippen molar-refractivity contribution in [3.05, 3.63) is 0 Å². The number of rotatable bonds is 12. The fraction of sp³-hybridized carbons (Fsp3) is 1.00. The molecule has 6 nitrogen and oxygen atoms in total. The van der Waals surface area contributed by atoms with Gasteiger partial charge in [0.05, 0.1) is 38.6 Å². The predicted octanol–water partition coefficient (Wildman–Crippen LogP) is 0.221. The van der Waals surface area contributed by atoms with Gasteiger partial charge in [-0.3, -0.25) is 0 Å². The van der Waals surface area contributed by atoms with Gasteiger partial charge in [0.1, 0.15) is 6.10 Å². The van der Waals surface area contributed by atoms with Gasteiger partial charge in [-0.1, -0.05) is 0 Å². The van der Waals surface area contributed by atoms with Crippen LogP contribution in [0, 0.1) is 0 Å². The molecule has 1 fully saturated rings. The van der Waals surface area contributed by atoms with Crippen molar-refractivity contribution in [2.24, 2.45) is 0 Å². The largest absolute Gasteiger partial charge is 0.390 e. The van der Waals surface area contributed by atoms with Gasteiger partial charge in [-0.25, -0.2) is 0 Å². The number of hydrogen-bond donors (Lipinski definition) is 1. The smallest absolute Gasteiger partial charge is 0.110 e. The van der Waals surface area contributed by atoms with Gasteiger partial charge in [-0.05, 0) is 6.42 Å². The summed E-state index contributed by atoms with van der Waals surface area (Å²) < 4.78 is 26.3. The molecule has 0 saturated heterocycles. The molecule has 1 saturated carbocycles. The van der Waals surface area contributed by atoms with Gasteiger partial charge in [0.2, 0.25) is 0 Å². The highest BCUT2D eigenvalue weighted by Gasteiger charge is 2.41. The summed E-state index contributed by atoms with van der Waals surface area (Å²) in [5.41, 5.74) is 0. The van der Waals surface area contributed by atoms with Gasteiger partial charge < -0.3 is 28.8 Å². The van der Waals surface area contributed by atoms with E-state index in [0.29, 0.717) is 46.1 Å². The minimum absolute atomic E-state index is 0.0329. The summed E-state index contributed by atoms with van der Waals surface area (Å²) in [6, 6.07) is 0. The molecule has 0 aromatic heterocycles. The van der Waals surface area contributed by atoms with Crippen LogP contribution >= 0.6 is 0 Å². The molecule has 0 bridgehead atoms. The molecular formula is C13H26O6. The van der Waals surface area contributed by atoms with Gasteiger partial charge in [0, 0.05) is 33.9 Å². The number of methoxy groups -OCH3 is 2. The molecule has 1 aliphatic carbocycles. The van der Waals surface area contributed by atoms with E-state index < -0.39 is 6.10 Å². The Morgan fingerprint density at radius 2 is 1.63 bits per heavy atom. The van der Waals surface area contributed by atoms with Crippen LogP contribution in [0.1, 0.15) is 12.8 Å². The van der Waals surface area contributed by atoms with Crippen LogP contribution in [0.15, 0.2) is 0 Å². The Balaban J connectivity index is 1.96. The average Bonchev–Trinajstić information content (AvgIpc) is 2.41. The molecular weight excluding hydrogens is 252 g/mol. The molecule has 0 heterocycles. The van der Waals surface area contributed by atoms with E-state index in [0.717, 1.165) is 6.42 Å². The Labute approximate surface area is 114 Å². The van der Waals surface area contributed by atoms with Crippen LogP contribution in [0.5, 0.6) is 0 Å². The van der Waals surface area contributed by atoms with E-state index in [2.05, 4.69) is 0 Å². The molecule has 0 aromatic rings. The summed E-state index contributed by atoms with van der Waals surface area (Å²) in [7, 11) is 3.30. The lowest BCUT2D eigenvalue weighted by atomic mass is 9.88. The molecule has 6 heteroatoms. The van der Waals surface area contributed by atoms with E-state index in [4.69, 9.17) is 23.7 Å². The first kappa shape index (κ1) is 16.8. The number of aliphatic hydroxyl groups is 1. The molecule has 3 unspecified atom stereocenters. The van der Waals surface area contributed by atoms with E-state index in [1.54, 1.807) is 14.2 Å². The zero-order valence-electron chi connectivity index (χ0n) is 11.9. The minimum atomic E-state index is -0.426. The maximum Gasteiger partial charge on any atom is 0.110 e. The molecule has 0 aromatic carbocycles. The maximum absolute atomic E-state index is 9.59. The zero-order chi connectivity index (χ0) is 13.9. The van der Waals surface area contributed by atoms with Crippen LogP contribution in [-0.2, 0) is 23.7 Å². The summed E-state index contributed by atoms with van der Waals surface area (Å²) in [5, 5.41) is 9.59. The molecule has 1 aliphatic rings. The lowest BCUT2D eigenvalue weighted by molar-refractivity contribution is -0.198. The van der Waals surface area contributed by atoms with Crippen LogP contribution in [-0.4, -0.2) is 77.3 Å². The average molecular weight is 278 g/mol. The quantitative estimate of drug-likeness (QED) is 0.515. The molecule has 1 N–H and O–H groups in total. The van der Waals surface area contributed by atoms with Crippen molar-refractivity contribution < 1.29 is 28.8 Å². The molecule has 0 aliphatic heterocycles. The third kappa shape index (κ3) is 6.65. The second kappa shape index (κ2) is 10.5. The van der Waals surface area contributed by atoms with Crippen molar-refractivity contribution in [2.45, 2.75) is 31.2 Å². The van der Waals surface area contributed by atoms with Crippen molar-refractivity contribution in [1.82, 2.24) is 0 Å². The second-order valence-corrected chi connectivity index (χ2v) is 4.50. The minimum Gasteiger partial charge on any atom is -0.390 e. The van der Waals surface area contributed by atoms with Crippen LogP contribution in [0.25, 0.3) is 0 Å². The van der Waals surface area contributed by atoms with Crippen LogP contribution in [0.2, 0.25) is 0 Å². The summed E-state index contributed by atoms with van der Waals surface area (Å²) >= 11 is 0. The van der Waals surface area contributed by atoms with E-state index in [-0.39, 0.29) is 12.2 Å². The lowest BCUT2D eigenvalue weighted by Crippen LogP contribution is -2.54. The van der Waals surface area contributed by atoms with Gasteiger partial charge in [-0.2, -0.15) is 0 Å². The first-order valence-electron chi connectivity index (χ1n) is 6.76. The Kier molecular flexibility index (Phi) is 9.32. The monoisotopic (exact) mass is 278 g/mol. The zero-order valence-corrected chi connectivity index (χ0v) is 11.9. The van der Waals surface area contributed by atoms with Gasteiger partial charge >= 0.3 is 0 Å². The van der Waals surface area contributed by atoms with Crippen LogP contribution in [0.4, 0.5) is 0 Å². The Bertz CT molecular complexity index is 213. The highest BCUT2D eigenvalue weighted by molar-refractivity contribution is 4.91. The van der Waals surface area contributed by atoms with E-state index >= 15 is 0 Å². The van der Waals surface area contributed by atoms with Crippen LogP contribution < -0.4 is 0 Å². The fourth-order valence-corrected chi connectivity index (χ4v) is 1.87. The number of aliphatic hydroxyl groups excluding tert-OH is 1. The molecule has 114 valence electrons. The van der Waals surface area contributed by atoms with Gasteiger partial charge in [0.15, 0.2) is 0 Å². The highest BCUT2D eigenvalue weighted by atomic mass is 16.6. The first-order valence-corrected chi connectivity index (χ1v) is 6.76. The summed E-state index contributed by atoms with van der Waals surface area (Å²) in [6.07, 6.45) is 0.825. The molecule has 0 amide bonds. The molecule has 3 atom stereocenters. The number of ether oxygens (including phenoxy) is 5. The summed E-state index contributed by atoms with van der Waals surface area (Å²) in [4.78, 5) is 0. The highest BCUT2D eigenvalue weighted by Crippen LogP contribution is 2.27. The lowest BCUT2D eigenvalue weighted by Gasteiger charge is -2.40. The summed E-state index contributed by atoms with van der Waals surface area (Å²) in [5.74, 6) is 0. The number of hydrogen-bond acceptors (Lipinski definition) is 6. The van der Waals surface area contributed by atoms with E-state index in [9.17, 15) is 5.11 Å². The van der Waals surface area contributed by atoms with Crippen LogP contribution in [0.3, 0.4) is 0 Å². The third-order valence-corrected chi connectivity index (χ3v) is 3.01. The first-order chi connectivity index (χ1) is 9.29. The molecule has 0 spiro atoms. The second-order valence-electron chi connectivity index (χ2n) is 4.50. The van der Waals surface area contributed by atoms with Crippen molar-refractivity contribution in [3.63, 3.8) is 0 Å². The van der Waals surface area contributed by atoms with Crippen molar-refractivity contribution in [3.8, 4) is 0 Å². The van der Waals surface area contributed by atoms with Crippen molar-refractivity contribution >= 4 is 0 Å². The summed E-state index contributed by atoms with van der Waals surface area (Å²) in [6.45, 7) is 3.48. The van der Waals surface area contributed by atoms with Gasteiger partial charge in [0.25, 0.3) is 0 Å². The normalized spacial score (nSPS) is 26.4.